The maximum Gasteiger partial charge on any atom is 0.170 e. The number of nitrogens with one attached hydrogen (secondary N) is 2. The molecule has 0 spiro atoms. The Kier molecular flexibility index (Phi) is 9.59. The van der Waals surface area contributed by atoms with Crippen LogP contribution in [-0.4, -0.2) is 40.6 Å². The smallest absolute Gasteiger partial charge is 0.170 e. The van der Waals surface area contributed by atoms with Crippen molar-refractivity contribution < 1.29 is 19.3 Å². The van der Waals surface area contributed by atoms with Crippen molar-refractivity contribution in [1.29, 1.82) is 5.41 Å². The molecule has 0 aliphatic heterocycles. The molecule has 2 unspecified atom stereocenters. The van der Waals surface area contributed by atoms with Gasteiger partial charge in [-0.3, -0.25) is 5.32 Å². The van der Waals surface area contributed by atoms with E-state index < -0.39 is 24.4 Å². The Balaban J connectivity index is 2.93. The van der Waals surface area contributed by atoms with Gasteiger partial charge in [-0.05, 0) is 56.2 Å². The Morgan fingerprint density at radius 1 is 1.37 bits per heavy atom. The molecule has 3 atom stereocenters. The summed E-state index contributed by atoms with van der Waals surface area (Å²) in [5, 5.41) is 31.7. The molecule has 0 saturated heterocycles. The van der Waals surface area contributed by atoms with Crippen LogP contribution >= 0.6 is 0 Å². The first-order valence-electron chi connectivity index (χ1n) is 9.15. The van der Waals surface area contributed by atoms with Gasteiger partial charge in [-0.15, -0.1) is 0 Å². The van der Waals surface area contributed by atoms with Gasteiger partial charge >= 0.3 is 0 Å². The predicted octanol–water partition coefficient (Wildman–Crippen LogP) is 2.65. The molecule has 0 aromatic carbocycles. The molecule has 6 nitrogen and oxygen atoms in total. The van der Waals surface area contributed by atoms with Crippen LogP contribution in [0.4, 0.5) is 4.39 Å². The molecule has 152 valence electrons. The number of allylic oxidation sites excluding steroid dienone is 5. The normalized spacial score (nSPS) is 20.1. The van der Waals surface area contributed by atoms with Gasteiger partial charge < -0.3 is 26.1 Å². The summed E-state index contributed by atoms with van der Waals surface area (Å²) in [4.78, 5) is 0. The Morgan fingerprint density at radius 3 is 2.59 bits per heavy atom. The molecule has 0 bridgehead atoms. The van der Waals surface area contributed by atoms with Gasteiger partial charge in [0, 0.05) is 17.7 Å². The van der Waals surface area contributed by atoms with Gasteiger partial charge in [-0.1, -0.05) is 19.9 Å². The molecule has 0 aromatic rings. The number of nitrogens with two attached hydrogens (primary N) is 1. The highest BCUT2D eigenvalue weighted by Crippen LogP contribution is 2.25. The lowest BCUT2D eigenvalue weighted by Gasteiger charge is -2.29. The molecular weight excluding hydrogens is 349 g/mol. The van der Waals surface area contributed by atoms with Crippen molar-refractivity contribution in [2.75, 3.05) is 0 Å². The quantitative estimate of drug-likeness (QED) is 0.295. The molecule has 1 aliphatic rings. The first kappa shape index (κ1) is 23.2. The topological polar surface area (TPSA) is 112 Å². The highest BCUT2D eigenvalue weighted by molar-refractivity contribution is 5.92. The maximum atomic E-state index is 14.1. The van der Waals surface area contributed by atoms with Crippen molar-refractivity contribution in [2.24, 2.45) is 11.7 Å². The van der Waals surface area contributed by atoms with E-state index in [4.69, 9.17) is 15.9 Å². The summed E-state index contributed by atoms with van der Waals surface area (Å²) in [5.41, 5.74) is 6.45. The lowest BCUT2D eigenvalue weighted by molar-refractivity contribution is -0.146. The van der Waals surface area contributed by atoms with E-state index in [2.05, 4.69) is 5.32 Å². The second-order valence-electron chi connectivity index (χ2n) is 7.18. The zero-order chi connectivity index (χ0) is 20.6. The van der Waals surface area contributed by atoms with Gasteiger partial charge in [0.2, 0.25) is 0 Å². The van der Waals surface area contributed by atoms with E-state index in [0.29, 0.717) is 12.0 Å². The van der Waals surface area contributed by atoms with Crippen LogP contribution in [0.25, 0.3) is 0 Å². The number of aliphatic hydroxyl groups is 2. The largest absolute Gasteiger partial charge is 0.404 e. The third-order valence-electron chi connectivity index (χ3n) is 3.89. The molecule has 0 fully saturated rings. The minimum Gasteiger partial charge on any atom is -0.404 e. The molecule has 0 saturated carbocycles. The summed E-state index contributed by atoms with van der Waals surface area (Å²) in [6.45, 7) is 7.52. The monoisotopic (exact) mass is 381 g/mol. The first-order valence-corrected chi connectivity index (χ1v) is 9.15. The molecule has 7 heteroatoms. The number of hydrogen-bond acceptors (Lipinski definition) is 6. The van der Waals surface area contributed by atoms with E-state index in [1.54, 1.807) is 19.9 Å². The van der Waals surface area contributed by atoms with Gasteiger partial charge in [0.05, 0.1) is 12.1 Å². The third kappa shape index (κ3) is 8.17. The maximum absolute atomic E-state index is 14.1. The van der Waals surface area contributed by atoms with Crippen LogP contribution in [0.3, 0.4) is 0 Å². The first-order chi connectivity index (χ1) is 12.6. The molecular formula is C20H32FN3O3. The lowest BCUT2D eigenvalue weighted by atomic mass is 9.99. The number of halogens is 1. The highest BCUT2D eigenvalue weighted by atomic mass is 19.1. The fourth-order valence-corrected chi connectivity index (χ4v) is 2.50. The summed E-state index contributed by atoms with van der Waals surface area (Å²) in [7, 11) is 0. The molecule has 1 rings (SSSR count). The number of ether oxygens (including phenoxy) is 1. The number of rotatable bonds is 10. The van der Waals surface area contributed by atoms with E-state index in [-0.39, 0.29) is 29.7 Å². The highest BCUT2D eigenvalue weighted by Gasteiger charge is 2.27. The average Bonchev–Trinajstić information content (AvgIpc) is 2.59. The molecule has 27 heavy (non-hydrogen) atoms. The van der Waals surface area contributed by atoms with Crippen molar-refractivity contribution in [3.05, 3.63) is 47.5 Å². The molecule has 6 N–H and O–H groups in total. The van der Waals surface area contributed by atoms with E-state index >= 15 is 0 Å². The van der Waals surface area contributed by atoms with Crippen LogP contribution < -0.4 is 11.1 Å². The van der Waals surface area contributed by atoms with Crippen LogP contribution in [-0.2, 0) is 4.74 Å². The van der Waals surface area contributed by atoms with Crippen molar-refractivity contribution in [1.82, 2.24) is 5.32 Å². The Hall–Kier alpha value is -1.80. The summed E-state index contributed by atoms with van der Waals surface area (Å²) < 4.78 is 19.5. The van der Waals surface area contributed by atoms with Gasteiger partial charge in [0.25, 0.3) is 0 Å². The molecule has 1 aliphatic carbocycles. The van der Waals surface area contributed by atoms with Crippen LogP contribution in [0.2, 0.25) is 0 Å². The van der Waals surface area contributed by atoms with Crippen LogP contribution in [0, 0.1) is 11.3 Å². The molecule has 0 aromatic heterocycles. The fraction of sp³-hybridized carbons (Fsp3) is 0.550. The van der Waals surface area contributed by atoms with Gasteiger partial charge in [-0.25, -0.2) is 4.39 Å². The van der Waals surface area contributed by atoms with E-state index in [1.807, 2.05) is 19.9 Å². The van der Waals surface area contributed by atoms with E-state index in [9.17, 15) is 14.6 Å². The number of aliphatic hydroxyl groups excluding tert-OH is 2. The molecule has 0 amide bonds. The molecule has 0 heterocycles. The third-order valence-corrected chi connectivity index (χ3v) is 3.89. The summed E-state index contributed by atoms with van der Waals surface area (Å²) >= 11 is 0. The van der Waals surface area contributed by atoms with Gasteiger partial charge in [0.15, 0.2) is 6.29 Å². The Morgan fingerprint density at radius 2 is 2.04 bits per heavy atom. The Bertz CT molecular complexity index is 624. The SMILES string of the molecule is CC(C)/C=C\C(=N)C[C@H](NC(O)C1=C/C(=C\N)CC=C1F)C(O)OC(C)C. The zero-order valence-electron chi connectivity index (χ0n) is 16.4. The summed E-state index contributed by atoms with van der Waals surface area (Å²) in [6, 6.07) is -0.798. The number of hydrogen-bond donors (Lipinski definition) is 5. The second kappa shape index (κ2) is 11.1. The van der Waals surface area contributed by atoms with Crippen molar-refractivity contribution in [3.8, 4) is 0 Å². The van der Waals surface area contributed by atoms with Gasteiger partial charge in [0.1, 0.15) is 12.1 Å². The minimum absolute atomic E-state index is 0.0314. The van der Waals surface area contributed by atoms with Crippen molar-refractivity contribution in [3.63, 3.8) is 0 Å². The van der Waals surface area contributed by atoms with Gasteiger partial charge in [-0.2, -0.15) is 0 Å². The molecule has 0 radical (unpaired) electrons. The van der Waals surface area contributed by atoms with E-state index in [1.165, 1.54) is 18.4 Å². The van der Waals surface area contributed by atoms with Crippen LogP contribution in [0.1, 0.15) is 40.5 Å². The lowest BCUT2D eigenvalue weighted by Crippen LogP contribution is -2.49. The second-order valence-corrected chi connectivity index (χ2v) is 7.18. The minimum atomic E-state index is -1.38. The van der Waals surface area contributed by atoms with Crippen LogP contribution in [0.5, 0.6) is 0 Å². The summed E-state index contributed by atoms with van der Waals surface area (Å²) in [6.07, 6.45) is 5.25. The van der Waals surface area contributed by atoms with E-state index in [0.717, 1.165) is 0 Å². The van der Waals surface area contributed by atoms with Crippen LogP contribution in [0.15, 0.2) is 47.5 Å². The Labute approximate surface area is 160 Å². The fourth-order valence-electron chi connectivity index (χ4n) is 2.50. The predicted molar refractivity (Wildman–Crippen MR) is 106 cm³/mol. The standard InChI is InChI=1S/C20H32FN3O3/c1-12(2)5-7-15(23)10-18(20(26)27-13(3)4)24-19(25)16-9-14(11-22)6-8-17(16)21/h5,7-9,11-13,18-20,23-26H,6,10,22H2,1-4H3/b7-5-,14-11-,23-15?/t18-,19?,20?/m0/s1. The zero-order valence-corrected chi connectivity index (χ0v) is 16.4. The van der Waals surface area contributed by atoms with Crippen molar-refractivity contribution >= 4 is 5.71 Å². The van der Waals surface area contributed by atoms with Crippen molar-refractivity contribution in [2.45, 2.75) is 65.2 Å². The summed E-state index contributed by atoms with van der Waals surface area (Å²) in [5.74, 6) is -0.263. The average molecular weight is 381 g/mol.